The number of hydrogen-bond donors (Lipinski definition) is 1. The van der Waals surface area contributed by atoms with E-state index >= 15 is 0 Å². The Kier molecular flexibility index (Phi) is 3.36. The van der Waals surface area contributed by atoms with E-state index in [0.29, 0.717) is 12.6 Å². The van der Waals surface area contributed by atoms with Crippen LogP contribution in [0.4, 0.5) is 5.69 Å². The number of hydrogen-bond acceptors (Lipinski definition) is 4. The number of nitrogens with two attached hydrogens (primary N) is 1. The van der Waals surface area contributed by atoms with Gasteiger partial charge in [-0.2, -0.15) is 0 Å². The SMILES string of the molecule is CN(c1cc(CN)nc2ccccc12)C1CCOC1. The van der Waals surface area contributed by atoms with Gasteiger partial charge in [0.1, 0.15) is 0 Å². The number of rotatable bonds is 3. The molecule has 1 saturated heterocycles. The number of fused-ring (bicyclic) bond motifs is 1. The average Bonchev–Trinajstić information content (AvgIpc) is 2.99. The van der Waals surface area contributed by atoms with Crippen molar-refractivity contribution in [1.29, 1.82) is 0 Å². The first-order valence-corrected chi connectivity index (χ1v) is 6.69. The van der Waals surface area contributed by atoms with Crippen LogP contribution in [-0.2, 0) is 11.3 Å². The van der Waals surface area contributed by atoms with Gasteiger partial charge in [0, 0.05) is 31.3 Å². The smallest absolute Gasteiger partial charge is 0.0726 e. The van der Waals surface area contributed by atoms with E-state index in [-0.39, 0.29) is 0 Å². The summed E-state index contributed by atoms with van der Waals surface area (Å²) < 4.78 is 5.49. The second kappa shape index (κ2) is 5.15. The van der Waals surface area contributed by atoms with Gasteiger partial charge in [0.05, 0.1) is 23.9 Å². The van der Waals surface area contributed by atoms with Gasteiger partial charge >= 0.3 is 0 Å². The molecule has 0 spiro atoms. The summed E-state index contributed by atoms with van der Waals surface area (Å²) in [6.45, 7) is 2.11. The molecule has 0 radical (unpaired) electrons. The number of nitrogens with zero attached hydrogens (tertiary/aromatic N) is 2. The zero-order valence-corrected chi connectivity index (χ0v) is 11.2. The normalized spacial score (nSPS) is 18.9. The largest absolute Gasteiger partial charge is 0.379 e. The van der Waals surface area contributed by atoms with E-state index in [9.17, 15) is 0 Å². The van der Waals surface area contributed by atoms with Gasteiger partial charge in [-0.05, 0) is 18.6 Å². The first-order chi connectivity index (χ1) is 9.29. The Hall–Kier alpha value is -1.65. The molecular weight excluding hydrogens is 238 g/mol. The molecule has 0 saturated carbocycles. The molecule has 100 valence electrons. The maximum Gasteiger partial charge on any atom is 0.0726 e. The Morgan fingerprint density at radius 1 is 1.42 bits per heavy atom. The van der Waals surface area contributed by atoms with Crippen LogP contribution in [0.3, 0.4) is 0 Å². The fraction of sp³-hybridized carbons (Fsp3) is 0.400. The molecule has 4 nitrogen and oxygen atoms in total. The van der Waals surface area contributed by atoms with Crippen molar-refractivity contribution in [2.45, 2.75) is 19.0 Å². The van der Waals surface area contributed by atoms with Crippen LogP contribution in [0.1, 0.15) is 12.1 Å². The third-order valence-electron chi connectivity index (χ3n) is 3.79. The van der Waals surface area contributed by atoms with Crippen molar-refractivity contribution >= 4 is 16.6 Å². The summed E-state index contributed by atoms with van der Waals surface area (Å²) in [5, 5.41) is 1.18. The first-order valence-electron chi connectivity index (χ1n) is 6.69. The van der Waals surface area contributed by atoms with E-state index in [0.717, 1.165) is 30.8 Å². The molecule has 1 aromatic carbocycles. The highest BCUT2D eigenvalue weighted by Gasteiger charge is 2.22. The summed E-state index contributed by atoms with van der Waals surface area (Å²) in [6.07, 6.45) is 1.07. The molecule has 1 aromatic heterocycles. The van der Waals surface area contributed by atoms with Crippen LogP contribution in [0.2, 0.25) is 0 Å². The summed E-state index contributed by atoms with van der Waals surface area (Å²) in [6, 6.07) is 10.8. The fourth-order valence-electron chi connectivity index (χ4n) is 2.63. The zero-order chi connectivity index (χ0) is 13.2. The number of pyridine rings is 1. The molecule has 0 aliphatic carbocycles. The van der Waals surface area contributed by atoms with E-state index in [1.165, 1.54) is 11.1 Å². The molecule has 2 N–H and O–H groups in total. The van der Waals surface area contributed by atoms with Crippen LogP contribution in [0.15, 0.2) is 30.3 Å². The van der Waals surface area contributed by atoms with Crippen LogP contribution in [0.25, 0.3) is 10.9 Å². The van der Waals surface area contributed by atoms with E-state index in [4.69, 9.17) is 10.5 Å². The molecule has 2 heterocycles. The van der Waals surface area contributed by atoms with Crippen molar-refractivity contribution < 1.29 is 4.74 Å². The van der Waals surface area contributed by atoms with Gasteiger partial charge in [-0.15, -0.1) is 0 Å². The third-order valence-corrected chi connectivity index (χ3v) is 3.79. The van der Waals surface area contributed by atoms with Gasteiger partial charge < -0.3 is 15.4 Å². The van der Waals surface area contributed by atoms with E-state index in [2.05, 4.69) is 35.1 Å². The predicted molar refractivity (Wildman–Crippen MR) is 77.3 cm³/mol. The maximum absolute atomic E-state index is 5.76. The van der Waals surface area contributed by atoms with E-state index < -0.39 is 0 Å². The molecule has 1 aliphatic heterocycles. The summed E-state index contributed by atoms with van der Waals surface area (Å²) >= 11 is 0. The molecule has 3 rings (SSSR count). The highest BCUT2D eigenvalue weighted by atomic mass is 16.5. The number of aromatic nitrogens is 1. The molecule has 0 amide bonds. The van der Waals surface area contributed by atoms with Gasteiger partial charge in [-0.25, -0.2) is 0 Å². The Labute approximate surface area is 113 Å². The minimum absolute atomic E-state index is 0.441. The molecule has 1 atom stereocenters. The minimum atomic E-state index is 0.441. The fourth-order valence-corrected chi connectivity index (χ4v) is 2.63. The molecule has 2 aromatic rings. The van der Waals surface area contributed by atoms with Crippen molar-refractivity contribution in [3.63, 3.8) is 0 Å². The zero-order valence-electron chi connectivity index (χ0n) is 11.2. The molecule has 4 heteroatoms. The number of ether oxygens (including phenoxy) is 1. The highest BCUT2D eigenvalue weighted by Crippen LogP contribution is 2.29. The Balaban J connectivity index is 2.09. The number of likely N-dealkylation sites (N-methyl/N-ethyl adjacent to an activating group) is 1. The van der Waals surface area contributed by atoms with Crippen molar-refractivity contribution in [1.82, 2.24) is 4.98 Å². The van der Waals surface area contributed by atoms with Crippen molar-refractivity contribution in [2.75, 3.05) is 25.2 Å². The Morgan fingerprint density at radius 2 is 2.26 bits per heavy atom. The van der Waals surface area contributed by atoms with E-state index in [1.54, 1.807) is 0 Å². The highest BCUT2D eigenvalue weighted by molar-refractivity contribution is 5.92. The van der Waals surface area contributed by atoms with Gasteiger partial charge in [-0.1, -0.05) is 18.2 Å². The first kappa shape index (κ1) is 12.4. The van der Waals surface area contributed by atoms with Crippen LogP contribution in [0, 0.1) is 0 Å². The molecule has 0 bridgehead atoms. The standard InChI is InChI=1S/C15H19N3O/c1-18(12-6-7-19-10-12)15-8-11(9-16)17-14-5-3-2-4-13(14)15/h2-5,8,12H,6-7,9-10,16H2,1H3. The van der Waals surface area contributed by atoms with Crippen LogP contribution in [-0.4, -0.2) is 31.3 Å². The summed E-state index contributed by atoms with van der Waals surface area (Å²) in [4.78, 5) is 6.88. The summed E-state index contributed by atoms with van der Waals surface area (Å²) in [7, 11) is 2.13. The average molecular weight is 257 g/mol. The van der Waals surface area contributed by atoms with Gasteiger partial charge in [0.2, 0.25) is 0 Å². The van der Waals surface area contributed by atoms with Crippen molar-refractivity contribution in [2.24, 2.45) is 5.73 Å². The van der Waals surface area contributed by atoms with Crippen molar-refractivity contribution in [3.8, 4) is 0 Å². The summed E-state index contributed by atoms with van der Waals surface area (Å²) in [5.74, 6) is 0. The molecule has 1 unspecified atom stereocenters. The lowest BCUT2D eigenvalue weighted by atomic mass is 10.1. The number of benzene rings is 1. The molecular formula is C15H19N3O. The Bertz CT molecular complexity index is 579. The Morgan fingerprint density at radius 3 is 3.00 bits per heavy atom. The van der Waals surface area contributed by atoms with Crippen molar-refractivity contribution in [3.05, 3.63) is 36.0 Å². The maximum atomic E-state index is 5.76. The van der Waals surface area contributed by atoms with Crippen LogP contribution < -0.4 is 10.6 Å². The minimum Gasteiger partial charge on any atom is -0.379 e. The second-order valence-corrected chi connectivity index (χ2v) is 4.98. The van der Waals surface area contributed by atoms with Crippen LogP contribution >= 0.6 is 0 Å². The molecule has 1 aliphatic rings. The predicted octanol–water partition coefficient (Wildman–Crippen LogP) is 1.92. The monoisotopic (exact) mass is 257 g/mol. The second-order valence-electron chi connectivity index (χ2n) is 4.98. The van der Waals surface area contributed by atoms with E-state index in [1.807, 2.05) is 12.1 Å². The third kappa shape index (κ3) is 2.29. The number of para-hydroxylation sites is 1. The van der Waals surface area contributed by atoms with Gasteiger partial charge in [0.25, 0.3) is 0 Å². The van der Waals surface area contributed by atoms with Gasteiger partial charge in [-0.3, -0.25) is 4.98 Å². The lowest BCUT2D eigenvalue weighted by Crippen LogP contribution is -2.32. The van der Waals surface area contributed by atoms with Crippen LogP contribution in [0.5, 0.6) is 0 Å². The summed E-state index contributed by atoms with van der Waals surface area (Å²) in [5.41, 5.74) is 8.89. The molecule has 19 heavy (non-hydrogen) atoms. The van der Waals surface area contributed by atoms with Gasteiger partial charge in [0.15, 0.2) is 0 Å². The topological polar surface area (TPSA) is 51.4 Å². The number of anilines is 1. The lowest BCUT2D eigenvalue weighted by molar-refractivity contribution is 0.193. The molecule has 1 fully saturated rings. The quantitative estimate of drug-likeness (QED) is 0.912. The lowest BCUT2D eigenvalue weighted by Gasteiger charge is -2.27.